The minimum Gasteiger partial charge on any atom is -0.458 e. The molecule has 3 fully saturated rings. The van der Waals surface area contributed by atoms with Gasteiger partial charge in [-0.15, -0.1) is 5.11 Å². The second-order valence-electron chi connectivity index (χ2n) is 11.6. The first-order valence-electron chi connectivity index (χ1n) is 12.8. The van der Waals surface area contributed by atoms with E-state index in [9.17, 15) is 9.59 Å². The summed E-state index contributed by atoms with van der Waals surface area (Å²) in [6.45, 7) is 4.78. The van der Waals surface area contributed by atoms with Gasteiger partial charge < -0.3 is 4.74 Å². The molecule has 0 amide bonds. The highest BCUT2D eigenvalue weighted by atomic mass is 16.5. The number of hydrogen-bond donors (Lipinski definition) is 0. The second-order valence-corrected chi connectivity index (χ2v) is 11.6. The van der Waals surface area contributed by atoms with E-state index >= 15 is 0 Å². The lowest BCUT2D eigenvalue weighted by Gasteiger charge is -2.57. The van der Waals surface area contributed by atoms with Gasteiger partial charge in [0, 0.05) is 25.9 Å². The molecule has 5 rings (SSSR count). The lowest BCUT2D eigenvalue weighted by Crippen LogP contribution is -2.51. The van der Waals surface area contributed by atoms with Crippen LogP contribution in [0.2, 0.25) is 0 Å². The molecule has 0 heterocycles. The van der Waals surface area contributed by atoms with Gasteiger partial charge >= 0.3 is 5.97 Å². The van der Waals surface area contributed by atoms with E-state index in [2.05, 4.69) is 24.2 Å². The predicted octanol–water partition coefficient (Wildman–Crippen LogP) is 6.30. The van der Waals surface area contributed by atoms with Crippen molar-refractivity contribution in [3.05, 3.63) is 41.5 Å². The molecular formula is C28H37N3O3. The molecule has 0 radical (unpaired) electrons. The Hall–Kier alpha value is -2.50. The third-order valence-electron chi connectivity index (χ3n) is 9.57. The smallest absolute Gasteiger partial charge is 0.338 e. The summed E-state index contributed by atoms with van der Waals surface area (Å²) in [5.74, 6) is 1.98. The van der Waals surface area contributed by atoms with Crippen LogP contribution in [-0.2, 0) is 9.53 Å². The van der Waals surface area contributed by atoms with Crippen molar-refractivity contribution in [3.8, 4) is 0 Å². The molecular weight excluding hydrogens is 426 g/mol. The van der Waals surface area contributed by atoms with Gasteiger partial charge in [-0.1, -0.05) is 24.6 Å². The van der Waals surface area contributed by atoms with Crippen molar-refractivity contribution in [2.75, 3.05) is 14.1 Å². The highest BCUT2D eigenvalue weighted by Gasteiger charge is 2.60. The van der Waals surface area contributed by atoms with Crippen molar-refractivity contribution >= 4 is 17.4 Å². The van der Waals surface area contributed by atoms with Crippen LogP contribution in [0.4, 0.5) is 5.69 Å². The van der Waals surface area contributed by atoms with Crippen LogP contribution in [0.3, 0.4) is 0 Å². The molecule has 34 heavy (non-hydrogen) atoms. The standard InChI is InChI=1S/C28H37N3O3/c1-27-15-13-21(32)17-19(27)7-10-22-23-11-12-25(28(23,2)16-14-24(22)27)34-26(33)18-5-8-20(9-6-18)29-30-31(3)4/h5-6,8-9,17,22-25H,7,10-16H2,1-4H3. The number of carbonyl (C=O) groups excluding carboxylic acids is 2. The van der Waals surface area contributed by atoms with Gasteiger partial charge in [0.15, 0.2) is 5.78 Å². The van der Waals surface area contributed by atoms with Crippen molar-refractivity contribution in [2.45, 2.75) is 71.3 Å². The quantitative estimate of drug-likeness (QED) is 0.298. The van der Waals surface area contributed by atoms with Crippen molar-refractivity contribution in [1.29, 1.82) is 0 Å². The molecule has 6 nitrogen and oxygen atoms in total. The molecule has 3 saturated carbocycles. The molecule has 4 aliphatic rings. The van der Waals surface area contributed by atoms with Gasteiger partial charge in [-0.25, -0.2) is 4.79 Å². The van der Waals surface area contributed by atoms with Crippen LogP contribution >= 0.6 is 0 Å². The SMILES string of the molecule is CN(C)N=Nc1ccc(C(=O)OC2CCC3C4CCC5=CC(=O)CCC5(C)C4CCC23C)cc1. The fourth-order valence-electron chi connectivity index (χ4n) is 7.71. The number of ketones is 1. The fraction of sp³-hybridized carbons (Fsp3) is 0.643. The Morgan fingerprint density at radius 2 is 1.76 bits per heavy atom. The summed E-state index contributed by atoms with van der Waals surface area (Å²) in [7, 11) is 3.63. The normalized spacial score (nSPS) is 36.9. The van der Waals surface area contributed by atoms with Crippen LogP contribution in [0.15, 0.2) is 46.3 Å². The summed E-state index contributed by atoms with van der Waals surface area (Å²) in [6, 6.07) is 7.16. The van der Waals surface area contributed by atoms with E-state index in [1.165, 1.54) is 18.4 Å². The van der Waals surface area contributed by atoms with Crippen LogP contribution in [-0.4, -0.2) is 37.0 Å². The number of hydrogen-bond acceptors (Lipinski definition) is 5. The Labute approximate surface area is 202 Å². The lowest BCUT2D eigenvalue weighted by atomic mass is 9.47. The first-order chi connectivity index (χ1) is 16.2. The minimum absolute atomic E-state index is 0.0308. The number of rotatable bonds is 4. The van der Waals surface area contributed by atoms with Gasteiger partial charge in [-0.05, 0) is 98.5 Å². The highest BCUT2D eigenvalue weighted by molar-refractivity contribution is 5.91. The van der Waals surface area contributed by atoms with Crippen LogP contribution in [0.1, 0.15) is 75.6 Å². The summed E-state index contributed by atoms with van der Waals surface area (Å²) >= 11 is 0. The molecule has 0 aromatic heterocycles. The Morgan fingerprint density at radius 3 is 2.50 bits per heavy atom. The van der Waals surface area contributed by atoms with E-state index in [4.69, 9.17) is 4.74 Å². The molecule has 0 saturated heterocycles. The molecule has 4 aliphatic carbocycles. The maximum atomic E-state index is 13.0. The van der Waals surface area contributed by atoms with Crippen molar-refractivity contribution in [2.24, 2.45) is 38.9 Å². The van der Waals surface area contributed by atoms with Crippen LogP contribution < -0.4 is 0 Å². The lowest BCUT2D eigenvalue weighted by molar-refractivity contribution is -0.118. The van der Waals surface area contributed by atoms with Gasteiger partial charge in [0.1, 0.15) is 6.10 Å². The second kappa shape index (κ2) is 8.62. The number of esters is 1. The van der Waals surface area contributed by atoms with Gasteiger partial charge in [0.2, 0.25) is 0 Å². The Kier molecular flexibility index (Phi) is 5.89. The summed E-state index contributed by atoms with van der Waals surface area (Å²) in [6.07, 6.45) is 10.2. The maximum Gasteiger partial charge on any atom is 0.338 e. The topological polar surface area (TPSA) is 71.3 Å². The van der Waals surface area contributed by atoms with E-state index in [0.717, 1.165) is 32.1 Å². The molecule has 6 heteroatoms. The monoisotopic (exact) mass is 463 g/mol. The van der Waals surface area contributed by atoms with E-state index in [-0.39, 0.29) is 22.9 Å². The zero-order valence-corrected chi connectivity index (χ0v) is 20.9. The van der Waals surface area contributed by atoms with Gasteiger partial charge in [-0.2, -0.15) is 0 Å². The molecule has 0 aliphatic heterocycles. The number of allylic oxidation sites excluding steroid dienone is 1. The maximum absolute atomic E-state index is 13.0. The first-order valence-corrected chi connectivity index (χ1v) is 12.8. The van der Waals surface area contributed by atoms with Gasteiger partial charge in [0.25, 0.3) is 0 Å². The largest absolute Gasteiger partial charge is 0.458 e. The molecule has 0 bridgehead atoms. The average Bonchev–Trinajstić information content (AvgIpc) is 3.14. The fourth-order valence-corrected chi connectivity index (χ4v) is 7.71. The average molecular weight is 464 g/mol. The van der Waals surface area contributed by atoms with Crippen LogP contribution in [0.25, 0.3) is 0 Å². The molecule has 182 valence electrons. The molecule has 1 aromatic carbocycles. The van der Waals surface area contributed by atoms with Crippen molar-refractivity contribution < 1.29 is 14.3 Å². The van der Waals surface area contributed by atoms with Crippen molar-refractivity contribution in [3.63, 3.8) is 0 Å². The first kappa shape index (κ1) is 23.3. The number of fused-ring (bicyclic) bond motifs is 5. The molecule has 1 aromatic rings. The van der Waals surface area contributed by atoms with E-state index in [0.29, 0.717) is 41.2 Å². The zero-order valence-electron chi connectivity index (χ0n) is 20.9. The Morgan fingerprint density at radius 1 is 1.00 bits per heavy atom. The van der Waals surface area contributed by atoms with Gasteiger partial charge in [-0.3, -0.25) is 9.80 Å². The number of carbonyl (C=O) groups is 2. The van der Waals surface area contributed by atoms with Crippen LogP contribution in [0, 0.1) is 28.6 Å². The summed E-state index contributed by atoms with van der Waals surface area (Å²) < 4.78 is 6.18. The van der Waals surface area contributed by atoms with E-state index < -0.39 is 0 Å². The Bertz CT molecular complexity index is 1030. The van der Waals surface area contributed by atoms with Gasteiger partial charge in [0.05, 0.1) is 11.3 Å². The summed E-state index contributed by atoms with van der Waals surface area (Å²) in [4.78, 5) is 25.1. The molecule has 6 unspecified atom stereocenters. The van der Waals surface area contributed by atoms with Crippen LogP contribution in [0.5, 0.6) is 0 Å². The van der Waals surface area contributed by atoms with E-state index in [1.807, 2.05) is 20.2 Å². The number of benzene rings is 1. The summed E-state index contributed by atoms with van der Waals surface area (Å²) in [5.41, 5.74) is 2.90. The minimum atomic E-state index is -0.239. The summed E-state index contributed by atoms with van der Waals surface area (Å²) in [5, 5.41) is 9.75. The zero-order chi connectivity index (χ0) is 24.1. The predicted molar refractivity (Wildman–Crippen MR) is 131 cm³/mol. The highest BCUT2D eigenvalue weighted by Crippen LogP contribution is 2.65. The number of ether oxygens (including phenoxy) is 1. The third kappa shape index (κ3) is 3.89. The van der Waals surface area contributed by atoms with E-state index in [1.54, 1.807) is 29.3 Å². The molecule has 6 atom stereocenters. The molecule has 0 N–H and O–H groups in total. The number of nitrogens with zero attached hydrogens (tertiary/aromatic N) is 3. The Balaban J connectivity index is 1.29. The third-order valence-corrected chi connectivity index (χ3v) is 9.57. The molecule has 0 spiro atoms. The van der Waals surface area contributed by atoms with Crippen molar-refractivity contribution in [1.82, 2.24) is 5.01 Å².